The molecule has 0 spiro atoms. The number of hydrogen-bond acceptors (Lipinski definition) is 1. The molecule has 0 amide bonds. The molecule has 0 unspecified atom stereocenters. The number of rotatable bonds is 0. The molecule has 0 aromatic rings. The first-order chi connectivity index (χ1) is 2.00. The van der Waals surface area contributed by atoms with Crippen LogP contribution in [0.3, 0.4) is 0 Å². The summed E-state index contributed by atoms with van der Waals surface area (Å²) in [6.07, 6.45) is 0. The Morgan fingerprint density at radius 1 is 1.40 bits per heavy atom. The van der Waals surface area contributed by atoms with Gasteiger partial charge in [0.15, 0.2) is 0 Å². The van der Waals surface area contributed by atoms with Crippen LogP contribution in [-0.2, 0) is 19.5 Å². The fourth-order valence-corrected chi connectivity index (χ4v) is 0. The summed E-state index contributed by atoms with van der Waals surface area (Å²) in [6, 6.07) is 0. The molecule has 0 atom stereocenters. The van der Waals surface area contributed by atoms with Crippen LogP contribution in [0.15, 0.2) is 0 Å². The Labute approximate surface area is 45.8 Å². The van der Waals surface area contributed by atoms with Gasteiger partial charge in [0.25, 0.3) is 0 Å². The van der Waals surface area contributed by atoms with Crippen molar-refractivity contribution in [1.82, 2.24) is 0 Å². The molecule has 0 saturated heterocycles. The molecule has 0 aliphatic heterocycles. The topological polar surface area (TPSA) is 23.8 Å². The predicted octanol–water partition coefficient (Wildman–Crippen LogP) is 0.934. The molecule has 0 N–H and O–H groups in total. The van der Waals surface area contributed by atoms with Crippen molar-refractivity contribution in [3.05, 3.63) is 13.5 Å². The van der Waals surface area contributed by atoms with Crippen LogP contribution in [0.1, 0.15) is 6.92 Å². The van der Waals surface area contributed by atoms with Crippen LogP contribution in [0.25, 0.3) is 0 Å². The van der Waals surface area contributed by atoms with Gasteiger partial charge in [-0.1, -0.05) is 0 Å². The molecular weight excluding hydrogens is 115 g/mol. The fraction of sp³-hybridized carbons (Fsp3) is 0.333. The third kappa shape index (κ3) is 1430. The van der Waals surface area contributed by atoms with Crippen molar-refractivity contribution in [2.75, 3.05) is 0 Å². The predicted molar refractivity (Wildman–Crippen MR) is 16.0 cm³/mol. The summed E-state index contributed by atoms with van der Waals surface area (Å²) in [7, 11) is 0. The van der Waals surface area contributed by atoms with E-state index in [1.54, 1.807) is 6.92 Å². The first-order valence-electron chi connectivity index (χ1n) is 0.931. The van der Waals surface area contributed by atoms with Gasteiger partial charge in [-0.3, -0.25) is 0 Å². The SMILES string of the molecule is [C-]#N.[CH2-]C.[Zn+2]. The van der Waals surface area contributed by atoms with E-state index in [1.165, 1.54) is 0 Å². The second-order valence-electron chi connectivity index (χ2n) is 0. The monoisotopic (exact) mass is 119 g/mol. The zero-order valence-electron chi connectivity index (χ0n) is 3.36. The van der Waals surface area contributed by atoms with Crippen LogP contribution in [0.4, 0.5) is 0 Å². The molecule has 1 nitrogen and oxygen atoms in total. The van der Waals surface area contributed by atoms with Crippen LogP contribution in [0, 0.1) is 18.8 Å². The van der Waals surface area contributed by atoms with E-state index in [1.807, 2.05) is 0 Å². The largest absolute Gasteiger partial charge is 2.00 e. The zero-order valence-corrected chi connectivity index (χ0v) is 6.33. The van der Waals surface area contributed by atoms with E-state index in [0.717, 1.165) is 0 Å². The molecule has 0 aromatic heterocycles. The quantitative estimate of drug-likeness (QED) is 0.345. The van der Waals surface area contributed by atoms with E-state index in [-0.39, 0.29) is 19.5 Å². The number of hydrogen-bond donors (Lipinski definition) is 0. The van der Waals surface area contributed by atoms with Crippen molar-refractivity contribution in [3.8, 4) is 0 Å². The molecule has 0 aromatic carbocycles. The third-order valence-corrected chi connectivity index (χ3v) is 0. The maximum absolute atomic E-state index is 6.25. The molecule has 0 aliphatic carbocycles. The van der Waals surface area contributed by atoms with E-state index < -0.39 is 0 Å². The summed E-state index contributed by atoms with van der Waals surface area (Å²) < 4.78 is 0. The van der Waals surface area contributed by atoms with Gasteiger partial charge in [0.05, 0.1) is 0 Å². The van der Waals surface area contributed by atoms with Gasteiger partial charge in [0.1, 0.15) is 0 Å². The Hall–Kier alpha value is 0.113. The molecule has 0 aliphatic rings. The minimum atomic E-state index is 0. The molecule has 5 heavy (non-hydrogen) atoms. The Bertz CT molecular complexity index is 11.6. The molecule has 0 fully saturated rings. The minimum Gasteiger partial charge on any atom is -0.512 e. The van der Waals surface area contributed by atoms with E-state index >= 15 is 0 Å². The second kappa shape index (κ2) is 3100. The van der Waals surface area contributed by atoms with Gasteiger partial charge in [-0.15, -0.1) is 0 Å². The fourth-order valence-electron chi connectivity index (χ4n) is 0. The summed E-state index contributed by atoms with van der Waals surface area (Å²) >= 11 is 0. The van der Waals surface area contributed by atoms with E-state index in [4.69, 9.17) is 11.8 Å². The van der Waals surface area contributed by atoms with Crippen molar-refractivity contribution < 1.29 is 19.5 Å². The van der Waals surface area contributed by atoms with E-state index in [0.29, 0.717) is 0 Å². The molecule has 0 radical (unpaired) electrons. The van der Waals surface area contributed by atoms with Crippen LogP contribution < -0.4 is 0 Å². The minimum absolute atomic E-state index is 0. The normalized spacial score (nSPS) is 1.60. The summed E-state index contributed by atoms with van der Waals surface area (Å²) in [5.74, 6) is 0. The molecule has 24 valence electrons. The molecule has 2 heteroatoms. The van der Waals surface area contributed by atoms with Gasteiger partial charge in [-0.25, -0.2) is 0 Å². The maximum Gasteiger partial charge on any atom is 2.00 e. The Balaban J connectivity index is -0.0000000133. The van der Waals surface area contributed by atoms with Crippen LogP contribution in [-0.4, -0.2) is 0 Å². The Morgan fingerprint density at radius 3 is 1.40 bits per heavy atom. The second-order valence-corrected chi connectivity index (χ2v) is 0. The van der Waals surface area contributed by atoms with Gasteiger partial charge < -0.3 is 18.8 Å². The Morgan fingerprint density at radius 2 is 1.40 bits per heavy atom. The van der Waals surface area contributed by atoms with E-state index in [9.17, 15) is 0 Å². The van der Waals surface area contributed by atoms with E-state index in [2.05, 4.69) is 6.92 Å². The van der Waals surface area contributed by atoms with Gasteiger partial charge in [0, 0.05) is 0 Å². The van der Waals surface area contributed by atoms with Gasteiger partial charge in [0.2, 0.25) is 0 Å². The third-order valence-electron chi connectivity index (χ3n) is 0. The van der Waals surface area contributed by atoms with Crippen molar-refractivity contribution >= 4 is 0 Å². The average Bonchev–Trinajstić information content (AvgIpc) is 1.50. The van der Waals surface area contributed by atoms with Crippen molar-refractivity contribution in [3.63, 3.8) is 0 Å². The van der Waals surface area contributed by atoms with Crippen LogP contribution in [0.2, 0.25) is 0 Å². The molecular formula is C3H5NZn. The average molecular weight is 120 g/mol. The number of nitrogens with zero attached hydrogens (tertiary/aromatic N) is 1. The molecule has 0 saturated carbocycles. The molecule has 0 heterocycles. The summed E-state index contributed by atoms with van der Waals surface area (Å²) in [5, 5.41) is 6.25. The summed E-state index contributed by atoms with van der Waals surface area (Å²) in [4.78, 5) is 0. The molecule has 0 bridgehead atoms. The summed E-state index contributed by atoms with van der Waals surface area (Å²) in [5.41, 5.74) is 0. The first kappa shape index (κ1) is 19.4. The molecule has 0 rings (SSSR count). The van der Waals surface area contributed by atoms with Gasteiger partial charge >= 0.3 is 19.5 Å². The van der Waals surface area contributed by atoms with Gasteiger partial charge in [-0.2, -0.15) is 6.92 Å². The van der Waals surface area contributed by atoms with Crippen molar-refractivity contribution in [1.29, 1.82) is 5.26 Å². The Kier molecular flexibility index (Phi) is 12000. The maximum atomic E-state index is 6.25. The van der Waals surface area contributed by atoms with Crippen LogP contribution in [0.5, 0.6) is 0 Å². The van der Waals surface area contributed by atoms with Crippen LogP contribution >= 0.6 is 0 Å². The standard InChI is InChI=1S/C2H5.CN.Zn/c2*1-2;/h1H2,2H3;;/q2*-1;+2. The van der Waals surface area contributed by atoms with Crippen molar-refractivity contribution in [2.24, 2.45) is 0 Å². The summed E-state index contributed by atoms with van der Waals surface area (Å²) in [6.45, 7) is 9.75. The zero-order chi connectivity index (χ0) is 4.00. The van der Waals surface area contributed by atoms with Crippen molar-refractivity contribution in [2.45, 2.75) is 6.92 Å². The smallest absolute Gasteiger partial charge is 0.512 e. The van der Waals surface area contributed by atoms with Gasteiger partial charge in [-0.05, 0) is 0 Å². The first-order valence-corrected chi connectivity index (χ1v) is 0.931.